The average molecular weight is 276 g/mol. The normalized spacial score (nSPS) is 24.7. The van der Waals surface area contributed by atoms with Gasteiger partial charge in [-0.15, -0.1) is 0 Å². The number of nitrogens with two attached hydrogens (primary N) is 2. The second-order valence-electron chi connectivity index (χ2n) is 5.22. The Hall–Kier alpha value is -0.700. The van der Waals surface area contributed by atoms with Crippen LogP contribution in [0.4, 0.5) is 0 Å². The molecule has 1 amide bonds. The zero-order valence-corrected chi connectivity index (χ0v) is 11.2. The van der Waals surface area contributed by atoms with Gasteiger partial charge >= 0.3 is 0 Å². The van der Waals surface area contributed by atoms with E-state index in [0.29, 0.717) is 19.5 Å². The molecule has 2 fully saturated rings. The van der Waals surface area contributed by atoms with Gasteiger partial charge in [-0.3, -0.25) is 4.79 Å². The SMILES string of the molecule is NC1(CC(=O)N2CCN(S(N)(=O)=O)CC2)CCC1. The molecule has 0 aromatic rings. The maximum Gasteiger partial charge on any atom is 0.277 e. The minimum atomic E-state index is -3.63. The summed E-state index contributed by atoms with van der Waals surface area (Å²) in [7, 11) is -3.63. The van der Waals surface area contributed by atoms with E-state index in [4.69, 9.17) is 10.9 Å². The first-order chi connectivity index (χ1) is 8.30. The van der Waals surface area contributed by atoms with Crippen molar-refractivity contribution >= 4 is 16.1 Å². The van der Waals surface area contributed by atoms with Gasteiger partial charge in [-0.1, -0.05) is 0 Å². The second kappa shape index (κ2) is 4.76. The van der Waals surface area contributed by atoms with Gasteiger partial charge in [0.1, 0.15) is 0 Å². The Labute approximate surface area is 107 Å². The summed E-state index contributed by atoms with van der Waals surface area (Å²) in [6.45, 7) is 1.32. The van der Waals surface area contributed by atoms with E-state index in [1.54, 1.807) is 4.90 Å². The molecule has 1 saturated heterocycles. The molecular formula is C10H20N4O3S. The van der Waals surface area contributed by atoms with Crippen molar-refractivity contribution < 1.29 is 13.2 Å². The average Bonchev–Trinajstić information content (AvgIpc) is 2.26. The molecule has 104 valence electrons. The Bertz CT molecular complexity index is 424. The van der Waals surface area contributed by atoms with Crippen molar-refractivity contribution in [3.05, 3.63) is 0 Å². The third-order valence-corrected chi connectivity index (χ3v) is 4.89. The van der Waals surface area contributed by atoms with E-state index in [0.717, 1.165) is 19.3 Å². The summed E-state index contributed by atoms with van der Waals surface area (Å²) < 4.78 is 23.4. The molecule has 0 unspecified atom stereocenters. The van der Waals surface area contributed by atoms with Crippen LogP contribution in [0.2, 0.25) is 0 Å². The first-order valence-electron chi connectivity index (χ1n) is 6.15. The molecule has 0 aromatic heterocycles. The predicted octanol–water partition coefficient (Wildman–Crippen LogP) is -1.39. The molecule has 2 aliphatic rings. The quantitative estimate of drug-likeness (QED) is 0.661. The van der Waals surface area contributed by atoms with Crippen molar-refractivity contribution in [1.29, 1.82) is 0 Å². The molecule has 2 rings (SSSR count). The van der Waals surface area contributed by atoms with E-state index in [1.807, 2.05) is 0 Å². The monoisotopic (exact) mass is 276 g/mol. The fraction of sp³-hybridized carbons (Fsp3) is 0.900. The van der Waals surface area contributed by atoms with Gasteiger partial charge in [0.05, 0.1) is 0 Å². The number of hydrogen-bond donors (Lipinski definition) is 2. The van der Waals surface area contributed by atoms with E-state index in [9.17, 15) is 13.2 Å². The van der Waals surface area contributed by atoms with Gasteiger partial charge < -0.3 is 10.6 Å². The van der Waals surface area contributed by atoms with Crippen molar-refractivity contribution in [1.82, 2.24) is 9.21 Å². The van der Waals surface area contributed by atoms with Crippen LogP contribution >= 0.6 is 0 Å². The van der Waals surface area contributed by atoms with Crippen molar-refractivity contribution in [3.63, 3.8) is 0 Å². The zero-order valence-electron chi connectivity index (χ0n) is 10.3. The second-order valence-corrected chi connectivity index (χ2v) is 6.76. The smallest absolute Gasteiger partial charge is 0.277 e. The largest absolute Gasteiger partial charge is 0.340 e. The van der Waals surface area contributed by atoms with E-state index in [1.165, 1.54) is 4.31 Å². The first kappa shape index (κ1) is 13.7. The molecule has 7 nitrogen and oxygen atoms in total. The molecule has 1 saturated carbocycles. The Morgan fingerprint density at radius 2 is 1.72 bits per heavy atom. The number of nitrogens with zero attached hydrogens (tertiary/aromatic N) is 2. The first-order valence-corrected chi connectivity index (χ1v) is 7.65. The number of carbonyl (C=O) groups is 1. The molecule has 1 heterocycles. The van der Waals surface area contributed by atoms with Crippen LogP contribution in [0.25, 0.3) is 0 Å². The van der Waals surface area contributed by atoms with Gasteiger partial charge in [-0.25, -0.2) is 5.14 Å². The molecule has 0 radical (unpaired) electrons. The highest BCUT2D eigenvalue weighted by Gasteiger charge is 2.37. The van der Waals surface area contributed by atoms with Crippen LogP contribution in [-0.2, 0) is 15.0 Å². The van der Waals surface area contributed by atoms with Crippen LogP contribution in [0, 0.1) is 0 Å². The Morgan fingerprint density at radius 1 is 1.17 bits per heavy atom. The number of amides is 1. The molecule has 0 spiro atoms. The molecule has 4 N–H and O–H groups in total. The van der Waals surface area contributed by atoms with Crippen LogP contribution in [0.5, 0.6) is 0 Å². The minimum Gasteiger partial charge on any atom is -0.340 e. The summed E-state index contributed by atoms with van der Waals surface area (Å²) in [5.41, 5.74) is 5.71. The van der Waals surface area contributed by atoms with Gasteiger partial charge in [0.15, 0.2) is 0 Å². The molecule has 0 aromatic carbocycles. The summed E-state index contributed by atoms with van der Waals surface area (Å²) >= 11 is 0. The maximum absolute atomic E-state index is 12.0. The van der Waals surface area contributed by atoms with Crippen LogP contribution in [-0.4, -0.2) is 55.2 Å². The number of rotatable bonds is 3. The van der Waals surface area contributed by atoms with Gasteiger partial charge in [0, 0.05) is 38.1 Å². The Kier molecular flexibility index (Phi) is 3.63. The van der Waals surface area contributed by atoms with Gasteiger partial charge in [-0.2, -0.15) is 12.7 Å². The molecule has 18 heavy (non-hydrogen) atoms. The lowest BCUT2D eigenvalue weighted by Gasteiger charge is -2.40. The lowest BCUT2D eigenvalue weighted by molar-refractivity contribution is -0.134. The number of carbonyl (C=O) groups excluding carboxylic acids is 1. The molecule has 8 heteroatoms. The van der Waals surface area contributed by atoms with E-state index in [-0.39, 0.29) is 24.5 Å². The lowest BCUT2D eigenvalue weighted by atomic mass is 9.75. The standard InChI is InChI=1S/C10H20N4O3S/c11-10(2-1-3-10)8-9(15)13-4-6-14(7-5-13)18(12,16)17/h1-8,11H2,(H2,12,16,17). The predicted molar refractivity (Wildman–Crippen MR) is 66.6 cm³/mol. The van der Waals surface area contributed by atoms with E-state index < -0.39 is 10.2 Å². The third kappa shape index (κ3) is 3.00. The van der Waals surface area contributed by atoms with E-state index >= 15 is 0 Å². The van der Waals surface area contributed by atoms with Crippen molar-refractivity contribution in [2.45, 2.75) is 31.2 Å². The number of piperazine rings is 1. The topological polar surface area (TPSA) is 110 Å². The van der Waals surface area contributed by atoms with Crippen molar-refractivity contribution in [2.24, 2.45) is 10.9 Å². The maximum atomic E-state index is 12.0. The van der Waals surface area contributed by atoms with Gasteiger partial charge in [0.2, 0.25) is 5.91 Å². The van der Waals surface area contributed by atoms with E-state index in [2.05, 4.69) is 0 Å². The summed E-state index contributed by atoms with van der Waals surface area (Å²) in [6, 6.07) is 0. The van der Waals surface area contributed by atoms with Gasteiger partial charge in [0.25, 0.3) is 10.2 Å². The fourth-order valence-electron chi connectivity index (χ4n) is 2.41. The van der Waals surface area contributed by atoms with Crippen molar-refractivity contribution in [2.75, 3.05) is 26.2 Å². The molecule has 0 atom stereocenters. The fourth-order valence-corrected chi connectivity index (χ4v) is 3.08. The summed E-state index contributed by atoms with van der Waals surface area (Å²) in [4.78, 5) is 13.7. The molecule has 1 aliphatic heterocycles. The Morgan fingerprint density at radius 3 is 2.11 bits per heavy atom. The van der Waals surface area contributed by atoms with Crippen LogP contribution in [0.15, 0.2) is 0 Å². The number of hydrogen-bond acceptors (Lipinski definition) is 4. The minimum absolute atomic E-state index is 0.0197. The highest BCUT2D eigenvalue weighted by molar-refractivity contribution is 7.86. The van der Waals surface area contributed by atoms with Gasteiger partial charge in [-0.05, 0) is 19.3 Å². The lowest BCUT2D eigenvalue weighted by Crippen LogP contribution is -2.55. The van der Waals surface area contributed by atoms with Crippen molar-refractivity contribution in [3.8, 4) is 0 Å². The summed E-state index contributed by atoms with van der Waals surface area (Å²) in [5, 5.41) is 5.04. The van der Waals surface area contributed by atoms with Crippen LogP contribution < -0.4 is 10.9 Å². The highest BCUT2D eigenvalue weighted by Crippen LogP contribution is 2.32. The molecular weight excluding hydrogens is 256 g/mol. The van der Waals surface area contributed by atoms with Crippen LogP contribution in [0.1, 0.15) is 25.7 Å². The summed E-state index contributed by atoms with van der Waals surface area (Å²) in [6.07, 6.45) is 3.25. The summed E-state index contributed by atoms with van der Waals surface area (Å²) in [5.74, 6) is 0.0197. The zero-order chi connectivity index (χ0) is 13.4. The molecule has 0 bridgehead atoms. The third-order valence-electron chi connectivity index (χ3n) is 3.80. The van der Waals surface area contributed by atoms with Crippen LogP contribution in [0.3, 0.4) is 0 Å². The Balaban J connectivity index is 1.84. The highest BCUT2D eigenvalue weighted by atomic mass is 32.2. The molecule has 1 aliphatic carbocycles.